The molecule has 0 unspecified atom stereocenters. The minimum absolute atomic E-state index is 0.211. The topological polar surface area (TPSA) is 78.9 Å². The molecule has 0 fully saturated rings. The third-order valence-corrected chi connectivity index (χ3v) is 3.00. The molecule has 0 aliphatic heterocycles. The minimum atomic E-state index is -0.385. The van der Waals surface area contributed by atoms with E-state index in [0.29, 0.717) is 28.2 Å². The standard InChI is InChI=1S/C16H10FN3O2/c17-11-3-1-10(2-4-11)16-20-13-9-12(5-6-14(13)22-16)19-15(21)7-8-18/h1-6,9H,7H2,(H,19,21). The SMILES string of the molecule is N#CCC(=O)Nc1ccc2oc(-c3ccc(F)cc3)nc2c1. The summed E-state index contributed by atoms with van der Waals surface area (Å²) in [5, 5.41) is 11.1. The van der Waals surface area contributed by atoms with Crippen molar-refractivity contribution < 1.29 is 13.6 Å². The lowest BCUT2D eigenvalue weighted by molar-refractivity contribution is -0.115. The molecule has 0 bridgehead atoms. The fourth-order valence-corrected chi connectivity index (χ4v) is 2.00. The third-order valence-electron chi connectivity index (χ3n) is 3.00. The van der Waals surface area contributed by atoms with Crippen molar-refractivity contribution in [2.75, 3.05) is 5.32 Å². The lowest BCUT2D eigenvalue weighted by Gasteiger charge is -2.00. The van der Waals surface area contributed by atoms with E-state index >= 15 is 0 Å². The number of hydrogen-bond acceptors (Lipinski definition) is 4. The predicted octanol–water partition coefficient (Wildman–Crippen LogP) is 3.49. The molecule has 1 N–H and O–H groups in total. The molecule has 1 aromatic heterocycles. The van der Waals surface area contributed by atoms with E-state index in [9.17, 15) is 9.18 Å². The van der Waals surface area contributed by atoms with Gasteiger partial charge in [0, 0.05) is 11.3 Å². The van der Waals surface area contributed by atoms with Gasteiger partial charge in [0.15, 0.2) is 5.58 Å². The highest BCUT2D eigenvalue weighted by Gasteiger charge is 2.10. The highest BCUT2D eigenvalue weighted by molar-refractivity contribution is 5.94. The smallest absolute Gasteiger partial charge is 0.238 e. The first-order chi connectivity index (χ1) is 10.7. The Balaban J connectivity index is 1.92. The summed E-state index contributed by atoms with van der Waals surface area (Å²) in [6, 6.07) is 12.6. The Morgan fingerprint density at radius 3 is 2.77 bits per heavy atom. The number of rotatable bonds is 3. The van der Waals surface area contributed by atoms with Crippen molar-refractivity contribution in [3.8, 4) is 17.5 Å². The molecular weight excluding hydrogens is 285 g/mol. The van der Waals surface area contributed by atoms with Gasteiger partial charge in [-0.3, -0.25) is 4.79 Å². The fraction of sp³-hybridized carbons (Fsp3) is 0.0625. The molecule has 2 aromatic carbocycles. The van der Waals surface area contributed by atoms with E-state index in [4.69, 9.17) is 9.68 Å². The van der Waals surface area contributed by atoms with E-state index in [0.717, 1.165) is 0 Å². The molecule has 1 heterocycles. The van der Waals surface area contributed by atoms with Crippen LogP contribution in [0.2, 0.25) is 0 Å². The number of benzene rings is 2. The Morgan fingerprint density at radius 1 is 1.27 bits per heavy atom. The quantitative estimate of drug-likeness (QED) is 0.802. The molecule has 1 amide bonds. The summed E-state index contributed by atoms with van der Waals surface area (Å²) in [6.45, 7) is 0. The fourth-order valence-electron chi connectivity index (χ4n) is 2.00. The number of hydrogen-bond donors (Lipinski definition) is 1. The second-order valence-electron chi connectivity index (χ2n) is 4.59. The molecule has 0 atom stereocenters. The van der Waals surface area contributed by atoms with Crippen LogP contribution in [0.1, 0.15) is 6.42 Å². The van der Waals surface area contributed by atoms with Crippen LogP contribution in [0.3, 0.4) is 0 Å². The summed E-state index contributed by atoms with van der Waals surface area (Å²) < 4.78 is 18.5. The summed E-state index contributed by atoms with van der Waals surface area (Å²) in [7, 11) is 0. The maximum atomic E-state index is 12.9. The first-order valence-electron chi connectivity index (χ1n) is 6.49. The second kappa shape index (κ2) is 5.66. The van der Waals surface area contributed by atoms with Crippen LogP contribution in [-0.2, 0) is 4.79 Å². The van der Waals surface area contributed by atoms with E-state index in [1.165, 1.54) is 12.1 Å². The van der Waals surface area contributed by atoms with Crippen molar-refractivity contribution in [1.29, 1.82) is 5.26 Å². The van der Waals surface area contributed by atoms with Gasteiger partial charge >= 0.3 is 0 Å². The van der Waals surface area contributed by atoms with E-state index in [1.54, 1.807) is 36.4 Å². The predicted molar refractivity (Wildman–Crippen MR) is 78.3 cm³/mol. The number of nitrogens with one attached hydrogen (secondary N) is 1. The summed E-state index contributed by atoms with van der Waals surface area (Å²) >= 11 is 0. The van der Waals surface area contributed by atoms with Crippen molar-refractivity contribution in [2.45, 2.75) is 6.42 Å². The largest absolute Gasteiger partial charge is 0.436 e. The van der Waals surface area contributed by atoms with Gasteiger partial charge in [-0.1, -0.05) is 0 Å². The van der Waals surface area contributed by atoms with E-state index in [1.807, 2.05) is 0 Å². The van der Waals surface area contributed by atoms with Gasteiger partial charge in [0.05, 0.1) is 6.07 Å². The molecule has 22 heavy (non-hydrogen) atoms. The molecule has 3 rings (SSSR count). The monoisotopic (exact) mass is 295 g/mol. The van der Waals surface area contributed by atoms with Crippen LogP contribution in [0.4, 0.5) is 10.1 Å². The van der Waals surface area contributed by atoms with Crippen molar-refractivity contribution in [3.05, 3.63) is 48.3 Å². The molecule has 3 aromatic rings. The molecule has 0 aliphatic rings. The maximum absolute atomic E-state index is 12.9. The Kier molecular flexibility index (Phi) is 3.54. The summed E-state index contributed by atoms with van der Waals surface area (Å²) in [4.78, 5) is 15.7. The van der Waals surface area contributed by atoms with Crippen molar-refractivity contribution in [2.24, 2.45) is 0 Å². The molecular formula is C16H10FN3O2. The van der Waals surface area contributed by atoms with Crippen LogP contribution in [-0.4, -0.2) is 10.9 Å². The number of carbonyl (C=O) groups is 1. The first-order valence-corrected chi connectivity index (χ1v) is 6.49. The summed E-state index contributed by atoms with van der Waals surface area (Å²) in [5.74, 6) is -0.345. The molecule has 5 nitrogen and oxygen atoms in total. The van der Waals surface area contributed by atoms with Gasteiger partial charge in [-0.05, 0) is 42.5 Å². The number of carbonyl (C=O) groups excluding carboxylic acids is 1. The van der Waals surface area contributed by atoms with Gasteiger partial charge < -0.3 is 9.73 Å². The number of halogens is 1. The van der Waals surface area contributed by atoms with E-state index < -0.39 is 0 Å². The molecule has 0 saturated heterocycles. The van der Waals surface area contributed by atoms with Crippen molar-refractivity contribution in [1.82, 2.24) is 4.98 Å². The lowest BCUT2D eigenvalue weighted by Crippen LogP contribution is -2.09. The first kappa shape index (κ1) is 13.8. The average molecular weight is 295 g/mol. The van der Waals surface area contributed by atoms with Gasteiger partial charge in [-0.25, -0.2) is 9.37 Å². The van der Waals surface area contributed by atoms with Crippen LogP contribution in [0.25, 0.3) is 22.6 Å². The van der Waals surface area contributed by atoms with E-state index in [-0.39, 0.29) is 18.1 Å². The number of anilines is 1. The number of aromatic nitrogens is 1. The highest BCUT2D eigenvalue weighted by Crippen LogP contribution is 2.26. The van der Waals surface area contributed by atoms with Crippen LogP contribution in [0, 0.1) is 17.1 Å². The molecule has 0 spiro atoms. The Hall–Kier alpha value is -3.20. The Labute approximate surface area is 125 Å². The summed E-state index contributed by atoms with van der Waals surface area (Å²) in [5.41, 5.74) is 2.31. The molecule has 0 radical (unpaired) electrons. The van der Waals surface area contributed by atoms with Crippen LogP contribution < -0.4 is 5.32 Å². The minimum Gasteiger partial charge on any atom is -0.436 e. The van der Waals surface area contributed by atoms with Gasteiger partial charge in [0.2, 0.25) is 11.8 Å². The van der Waals surface area contributed by atoms with Crippen LogP contribution in [0.15, 0.2) is 46.9 Å². The highest BCUT2D eigenvalue weighted by atomic mass is 19.1. The number of fused-ring (bicyclic) bond motifs is 1. The lowest BCUT2D eigenvalue weighted by atomic mass is 10.2. The Morgan fingerprint density at radius 2 is 2.05 bits per heavy atom. The molecule has 108 valence electrons. The van der Waals surface area contributed by atoms with E-state index in [2.05, 4.69) is 10.3 Å². The number of amides is 1. The van der Waals surface area contributed by atoms with Crippen molar-refractivity contribution >= 4 is 22.7 Å². The zero-order valence-electron chi connectivity index (χ0n) is 11.3. The van der Waals surface area contributed by atoms with Gasteiger partial charge in [0.25, 0.3) is 0 Å². The van der Waals surface area contributed by atoms with Crippen LogP contribution in [0.5, 0.6) is 0 Å². The third kappa shape index (κ3) is 2.79. The normalized spacial score (nSPS) is 10.4. The zero-order chi connectivity index (χ0) is 15.5. The summed E-state index contributed by atoms with van der Waals surface area (Å²) in [6.07, 6.45) is -0.211. The van der Waals surface area contributed by atoms with Crippen LogP contribution >= 0.6 is 0 Å². The molecule has 6 heteroatoms. The van der Waals surface area contributed by atoms with Gasteiger partial charge in [-0.2, -0.15) is 5.26 Å². The second-order valence-corrected chi connectivity index (χ2v) is 4.59. The van der Waals surface area contributed by atoms with Crippen molar-refractivity contribution in [3.63, 3.8) is 0 Å². The number of nitriles is 1. The zero-order valence-corrected chi connectivity index (χ0v) is 11.3. The Bertz CT molecular complexity index is 879. The average Bonchev–Trinajstić information content (AvgIpc) is 2.91. The number of oxazole rings is 1. The number of nitrogens with zero attached hydrogens (tertiary/aromatic N) is 2. The van der Waals surface area contributed by atoms with Gasteiger partial charge in [0.1, 0.15) is 17.8 Å². The van der Waals surface area contributed by atoms with Gasteiger partial charge in [-0.15, -0.1) is 0 Å². The maximum Gasteiger partial charge on any atom is 0.238 e. The molecule has 0 aliphatic carbocycles. The molecule has 0 saturated carbocycles.